The highest BCUT2D eigenvalue weighted by atomic mass is 19.1. The summed E-state index contributed by atoms with van der Waals surface area (Å²) in [6, 6.07) is 6.20. The number of carbonyl (C=O) groups is 1. The van der Waals surface area contributed by atoms with Crippen LogP contribution in [-0.2, 0) is 4.79 Å². The summed E-state index contributed by atoms with van der Waals surface area (Å²) in [7, 11) is 0. The van der Waals surface area contributed by atoms with Gasteiger partial charge in [-0.25, -0.2) is 4.39 Å². The fourth-order valence-electron chi connectivity index (χ4n) is 3.95. The van der Waals surface area contributed by atoms with Gasteiger partial charge in [-0.15, -0.1) is 0 Å². The first-order valence-corrected chi connectivity index (χ1v) is 9.46. The van der Waals surface area contributed by atoms with Gasteiger partial charge in [-0.05, 0) is 54.8 Å². The number of aliphatic hydroxyl groups is 1. The minimum absolute atomic E-state index is 0.191. The Morgan fingerprint density at radius 2 is 1.96 bits per heavy atom. The van der Waals surface area contributed by atoms with Crippen molar-refractivity contribution in [2.45, 2.75) is 43.9 Å². The Balaban J connectivity index is 1.49. The van der Waals surface area contributed by atoms with Crippen LogP contribution in [0.4, 0.5) is 4.39 Å². The lowest BCUT2D eigenvalue weighted by atomic mass is 9.85. The third-order valence-electron chi connectivity index (χ3n) is 5.46. The van der Waals surface area contributed by atoms with E-state index in [0.29, 0.717) is 0 Å². The van der Waals surface area contributed by atoms with Gasteiger partial charge in [0.05, 0.1) is 17.0 Å². The summed E-state index contributed by atoms with van der Waals surface area (Å²) in [6.07, 6.45) is 11.5. The molecule has 1 atom stereocenters. The zero-order chi connectivity index (χ0) is 18.9. The maximum absolute atomic E-state index is 13.3. The lowest BCUT2D eigenvalue weighted by Gasteiger charge is -2.33. The number of hydrogen-bond donors (Lipinski definition) is 3. The number of halogens is 1. The van der Waals surface area contributed by atoms with Crippen LogP contribution in [0.25, 0.3) is 5.70 Å². The van der Waals surface area contributed by atoms with E-state index in [0.717, 1.165) is 49.1 Å². The van der Waals surface area contributed by atoms with Gasteiger partial charge in [0.2, 0.25) is 0 Å². The summed E-state index contributed by atoms with van der Waals surface area (Å²) < 4.78 is 13.3. The molecule has 1 saturated carbocycles. The number of benzene rings is 1. The average Bonchev–Trinajstić information content (AvgIpc) is 3.07. The van der Waals surface area contributed by atoms with Crippen LogP contribution in [0.15, 0.2) is 54.4 Å². The van der Waals surface area contributed by atoms with Crippen molar-refractivity contribution >= 4 is 11.6 Å². The Bertz CT molecular complexity index is 807. The van der Waals surface area contributed by atoms with Crippen LogP contribution in [0.2, 0.25) is 0 Å². The topological polar surface area (TPSA) is 64.6 Å². The van der Waals surface area contributed by atoms with Gasteiger partial charge in [-0.3, -0.25) is 4.79 Å². The van der Waals surface area contributed by atoms with Gasteiger partial charge in [-0.2, -0.15) is 0 Å². The molecule has 1 unspecified atom stereocenters. The van der Waals surface area contributed by atoms with Gasteiger partial charge >= 0.3 is 0 Å². The van der Waals surface area contributed by atoms with E-state index in [4.69, 9.17) is 0 Å². The number of hydrogen-bond acceptors (Lipinski definition) is 4. The zero-order valence-electron chi connectivity index (χ0n) is 15.1. The molecule has 3 aliphatic rings. The van der Waals surface area contributed by atoms with Crippen molar-refractivity contribution in [3.63, 3.8) is 0 Å². The van der Waals surface area contributed by atoms with Gasteiger partial charge < -0.3 is 20.6 Å². The number of amides is 1. The van der Waals surface area contributed by atoms with Gasteiger partial charge in [0, 0.05) is 12.7 Å². The van der Waals surface area contributed by atoms with Gasteiger partial charge in [-0.1, -0.05) is 25.3 Å². The van der Waals surface area contributed by atoms with E-state index in [-0.39, 0.29) is 18.3 Å². The van der Waals surface area contributed by atoms with E-state index in [9.17, 15) is 14.3 Å². The Morgan fingerprint density at radius 1 is 1.22 bits per heavy atom. The van der Waals surface area contributed by atoms with Crippen LogP contribution in [-0.4, -0.2) is 34.2 Å². The average molecular weight is 369 g/mol. The molecular weight excluding hydrogens is 345 g/mol. The van der Waals surface area contributed by atoms with E-state index in [1.807, 2.05) is 29.3 Å². The highest BCUT2D eigenvalue weighted by Gasteiger charge is 2.37. The smallest absolute Gasteiger partial charge is 0.263 e. The van der Waals surface area contributed by atoms with Gasteiger partial charge in [0.15, 0.2) is 6.17 Å². The molecule has 1 fully saturated rings. The second-order valence-electron chi connectivity index (χ2n) is 7.42. The number of carbonyl (C=O) groups excluding carboxylic acids is 1. The minimum atomic E-state index is -0.805. The second kappa shape index (κ2) is 7.19. The molecule has 1 aromatic carbocycles. The summed E-state index contributed by atoms with van der Waals surface area (Å²) >= 11 is 0. The molecule has 5 nitrogen and oxygen atoms in total. The van der Waals surface area contributed by atoms with Crippen LogP contribution in [0.5, 0.6) is 0 Å². The molecule has 0 spiro atoms. The normalized spacial score (nSPS) is 23.2. The van der Waals surface area contributed by atoms with Crippen LogP contribution >= 0.6 is 0 Å². The first kappa shape index (κ1) is 17.8. The van der Waals surface area contributed by atoms with Crippen LogP contribution < -0.4 is 10.6 Å². The summed E-state index contributed by atoms with van der Waals surface area (Å²) in [6.45, 7) is 0.263. The molecule has 2 heterocycles. The molecule has 1 amide bonds. The fourth-order valence-corrected chi connectivity index (χ4v) is 3.95. The molecule has 2 aliphatic heterocycles. The molecule has 6 heteroatoms. The molecule has 27 heavy (non-hydrogen) atoms. The maximum atomic E-state index is 13.3. The summed E-state index contributed by atoms with van der Waals surface area (Å²) in [5, 5.41) is 16.8. The molecule has 4 rings (SSSR count). The van der Waals surface area contributed by atoms with E-state index < -0.39 is 11.8 Å². The number of nitrogens with zero attached hydrogens (tertiary/aromatic N) is 1. The van der Waals surface area contributed by atoms with E-state index >= 15 is 0 Å². The minimum Gasteiger partial charge on any atom is -0.388 e. The van der Waals surface area contributed by atoms with E-state index in [1.54, 1.807) is 12.1 Å². The highest BCUT2D eigenvalue weighted by molar-refractivity contribution is 5.87. The van der Waals surface area contributed by atoms with Crippen molar-refractivity contribution < 1.29 is 14.3 Å². The fraction of sp³-hybridized carbons (Fsp3) is 0.381. The Hall–Kier alpha value is -2.60. The lowest BCUT2D eigenvalue weighted by Crippen LogP contribution is -2.52. The van der Waals surface area contributed by atoms with Crippen molar-refractivity contribution in [1.29, 1.82) is 0 Å². The van der Waals surface area contributed by atoms with Crippen LogP contribution in [0.1, 0.15) is 37.7 Å². The van der Waals surface area contributed by atoms with Crippen LogP contribution in [0, 0.1) is 5.82 Å². The first-order valence-electron chi connectivity index (χ1n) is 9.46. The monoisotopic (exact) mass is 369 g/mol. The molecule has 0 saturated heterocycles. The summed E-state index contributed by atoms with van der Waals surface area (Å²) in [4.78, 5) is 14.7. The van der Waals surface area contributed by atoms with Gasteiger partial charge in [0.25, 0.3) is 5.91 Å². The first-order chi connectivity index (χ1) is 13.1. The molecule has 142 valence electrons. The number of allylic oxidation sites excluding steroid dienone is 3. The molecular formula is C21H24FN3O2. The standard InChI is InChI=1S/C21H24FN3O2/c22-16-9-7-15(8-10-16)18-17-6-2-5-13-25(17)19(24-18)20(26)23-14-21(27)11-3-1-4-12-21/h2,5-10,13,19,24,27H,1,3-4,11-12,14H2,(H,23,26). The predicted octanol–water partition coefficient (Wildman–Crippen LogP) is 2.62. The molecule has 3 N–H and O–H groups in total. The van der Waals surface area contributed by atoms with Crippen molar-refractivity contribution in [3.8, 4) is 0 Å². The third-order valence-corrected chi connectivity index (χ3v) is 5.46. The molecule has 1 aliphatic carbocycles. The molecule has 0 aromatic heterocycles. The van der Waals surface area contributed by atoms with E-state index in [2.05, 4.69) is 10.6 Å². The third kappa shape index (κ3) is 3.62. The Labute approximate surface area is 158 Å². The lowest BCUT2D eigenvalue weighted by molar-refractivity contribution is -0.126. The predicted molar refractivity (Wildman–Crippen MR) is 101 cm³/mol. The molecule has 1 aromatic rings. The number of fused-ring (bicyclic) bond motifs is 1. The molecule has 0 radical (unpaired) electrons. The van der Waals surface area contributed by atoms with Gasteiger partial charge in [0.1, 0.15) is 5.82 Å². The number of rotatable bonds is 4. The summed E-state index contributed by atoms with van der Waals surface area (Å²) in [5.74, 6) is -0.489. The van der Waals surface area contributed by atoms with Crippen molar-refractivity contribution in [2.75, 3.05) is 6.54 Å². The maximum Gasteiger partial charge on any atom is 0.263 e. The zero-order valence-corrected chi connectivity index (χ0v) is 15.1. The second-order valence-corrected chi connectivity index (χ2v) is 7.42. The van der Waals surface area contributed by atoms with Crippen LogP contribution in [0.3, 0.4) is 0 Å². The Morgan fingerprint density at radius 3 is 2.70 bits per heavy atom. The highest BCUT2D eigenvalue weighted by Crippen LogP contribution is 2.31. The summed E-state index contributed by atoms with van der Waals surface area (Å²) in [5.41, 5.74) is 1.66. The Kier molecular flexibility index (Phi) is 4.74. The van der Waals surface area contributed by atoms with Crippen molar-refractivity contribution in [2.24, 2.45) is 0 Å². The molecule has 0 bridgehead atoms. The van der Waals surface area contributed by atoms with E-state index in [1.165, 1.54) is 12.1 Å². The van der Waals surface area contributed by atoms with Crippen molar-refractivity contribution in [1.82, 2.24) is 15.5 Å². The SMILES string of the molecule is O=C(NCC1(O)CCCCC1)C1NC(c2ccc(F)cc2)=C2C=CC=CN21. The number of nitrogens with one attached hydrogen (secondary N) is 2. The van der Waals surface area contributed by atoms with Crippen molar-refractivity contribution in [3.05, 3.63) is 65.8 Å². The quantitative estimate of drug-likeness (QED) is 0.763. The largest absolute Gasteiger partial charge is 0.388 e.